The summed E-state index contributed by atoms with van der Waals surface area (Å²) >= 11 is 0. The predicted molar refractivity (Wildman–Crippen MR) is 85.9 cm³/mol. The molecular formula is C17H29N3. The normalized spacial score (nSPS) is 19.1. The van der Waals surface area contributed by atoms with Gasteiger partial charge >= 0.3 is 0 Å². The van der Waals surface area contributed by atoms with E-state index in [2.05, 4.69) is 60.4 Å². The second-order valence-electron chi connectivity index (χ2n) is 5.97. The Hall–Kier alpha value is -0.900. The van der Waals surface area contributed by atoms with Crippen molar-refractivity contribution < 1.29 is 0 Å². The highest BCUT2D eigenvalue weighted by molar-refractivity contribution is 5.31. The number of hydrogen-bond donors (Lipinski definition) is 1. The molecule has 1 heterocycles. The van der Waals surface area contributed by atoms with Crippen molar-refractivity contribution in [3.05, 3.63) is 35.4 Å². The molecule has 0 saturated heterocycles. The van der Waals surface area contributed by atoms with Gasteiger partial charge in [0.25, 0.3) is 0 Å². The van der Waals surface area contributed by atoms with Crippen molar-refractivity contribution in [2.24, 2.45) is 0 Å². The van der Waals surface area contributed by atoms with Gasteiger partial charge in [0.1, 0.15) is 0 Å². The average molecular weight is 275 g/mol. The Morgan fingerprint density at radius 2 is 2.00 bits per heavy atom. The summed E-state index contributed by atoms with van der Waals surface area (Å²) in [6, 6.07) is 9.51. The molecule has 3 nitrogen and oxygen atoms in total. The van der Waals surface area contributed by atoms with Crippen LogP contribution in [0.4, 0.5) is 0 Å². The zero-order valence-electron chi connectivity index (χ0n) is 13.2. The molecule has 1 unspecified atom stereocenters. The molecule has 0 fully saturated rings. The van der Waals surface area contributed by atoms with E-state index in [0.29, 0.717) is 6.04 Å². The lowest BCUT2D eigenvalue weighted by Crippen LogP contribution is -2.32. The molecule has 0 amide bonds. The van der Waals surface area contributed by atoms with Crippen molar-refractivity contribution in [1.29, 1.82) is 0 Å². The molecule has 1 aliphatic rings. The summed E-state index contributed by atoms with van der Waals surface area (Å²) in [5, 5.41) is 3.55. The van der Waals surface area contributed by atoms with Gasteiger partial charge in [-0.2, -0.15) is 0 Å². The van der Waals surface area contributed by atoms with E-state index in [0.717, 1.165) is 19.6 Å². The molecule has 1 N–H and O–H groups in total. The zero-order valence-corrected chi connectivity index (χ0v) is 13.2. The highest BCUT2D eigenvalue weighted by Crippen LogP contribution is 2.29. The third-order valence-electron chi connectivity index (χ3n) is 4.22. The Morgan fingerprint density at radius 1 is 1.20 bits per heavy atom. The summed E-state index contributed by atoms with van der Waals surface area (Å²) in [5.41, 5.74) is 3.00. The van der Waals surface area contributed by atoms with E-state index in [1.807, 2.05) is 0 Å². The van der Waals surface area contributed by atoms with Crippen LogP contribution in [0.1, 0.15) is 36.9 Å². The monoisotopic (exact) mass is 275 g/mol. The highest BCUT2D eigenvalue weighted by Gasteiger charge is 2.22. The molecule has 0 aliphatic carbocycles. The van der Waals surface area contributed by atoms with Gasteiger partial charge in [0.15, 0.2) is 0 Å². The van der Waals surface area contributed by atoms with Crippen LogP contribution in [-0.2, 0) is 6.54 Å². The van der Waals surface area contributed by atoms with Crippen LogP contribution in [0.25, 0.3) is 0 Å². The molecule has 0 radical (unpaired) electrons. The van der Waals surface area contributed by atoms with Gasteiger partial charge in [-0.3, -0.25) is 4.90 Å². The molecule has 0 aromatic heterocycles. The maximum atomic E-state index is 3.55. The largest absolute Gasteiger partial charge is 0.313 e. The molecule has 112 valence electrons. The quantitative estimate of drug-likeness (QED) is 0.860. The number of nitrogens with one attached hydrogen (secondary N) is 1. The van der Waals surface area contributed by atoms with Crippen LogP contribution < -0.4 is 5.32 Å². The van der Waals surface area contributed by atoms with E-state index in [1.165, 1.54) is 37.1 Å². The average Bonchev–Trinajstić information content (AvgIpc) is 2.66. The maximum Gasteiger partial charge on any atom is 0.0363 e. The van der Waals surface area contributed by atoms with E-state index in [1.54, 1.807) is 0 Å². The number of nitrogens with zero attached hydrogens (tertiary/aromatic N) is 2. The Kier molecular flexibility index (Phi) is 6.02. The topological polar surface area (TPSA) is 18.5 Å². The van der Waals surface area contributed by atoms with Crippen LogP contribution in [0, 0.1) is 0 Å². The summed E-state index contributed by atoms with van der Waals surface area (Å²) < 4.78 is 0. The van der Waals surface area contributed by atoms with E-state index in [9.17, 15) is 0 Å². The number of fused-ring (bicyclic) bond motifs is 1. The van der Waals surface area contributed by atoms with E-state index in [4.69, 9.17) is 0 Å². The SMILES string of the molecule is CCN(CCCN(C)C)C1CCNCc2ccccc21. The third-order valence-corrected chi connectivity index (χ3v) is 4.22. The van der Waals surface area contributed by atoms with Crippen LogP contribution in [-0.4, -0.2) is 50.1 Å². The molecule has 20 heavy (non-hydrogen) atoms. The zero-order chi connectivity index (χ0) is 14.4. The molecule has 1 atom stereocenters. The van der Waals surface area contributed by atoms with Crippen LogP contribution in [0.5, 0.6) is 0 Å². The first-order chi connectivity index (χ1) is 9.72. The molecule has 1 aromatic rings. The van der Waals surface area contributed by atoms with Crippen LogP contribution in [0.3, 0.4) is 0 Å². The molecule has 3 heteroatoms. The molecule has 0 spiro atoms. The smallest absolute Gasteiger partial charge is 0.0363 e. The third kappa shape index (κ3) is 4.05. The van der Waals surface area contributed by atoms with Crippen molar-refractivity contribution in [2.45, 2.75) is 32.4 Å². The second kappa shape index (κ2) is 7.77. The number of benzene rings is 1. The molecule has 1 aliphatic heterocycles. The van der Waals surface area contributed by atoms with Gasteiger partial charge in [-0.05, 0) is 64.2 Å². The lowest BCUT2D eigenvalue weighted by atomic mass is 9.97. The first kappa shape index (κ1) is 15.5. The maximum absolute atomic E-state index is 3.55. The van der Waals surface area contributed by atoms with E-state index >= 15 is 0 Å². The highest BCUT2D eigenvalue weighted by atomic mass is 15.2. The summed E-state index contributed by atoms with van der Waals surface area (Å²) in [4.78, 5) is 4.92. The minimum atomic E-state index is 0.577. The summed E-state index contributed by atoms with van der Waals surface area (Å²) in [7, 11) is 4.31. The van der Waals surface area contributed by atoms with Crippen LogP contribution >= 0.6 is 0 Å². The minimum Gasteiger partial charge on any atom is -0.313 e. The van der Waals surface area contributed by atoms with Gasteiger partial charge in [-0.1, -0.05) is 31.2 Å². The van der Waals surface area contributed by atoms with Crippen molar-refractivity contribution in [2.75, 3.05) is 40.3 Å². The van der Waals surface area contributed by atoms with Crippen molar-refractivity contribution in [1.82, 2.24) is 15.1 Å². The second-order valence-corrected chi connectivity index (χ2v) is 5.97. The molecule has 0 bridgehead atoms. The van der Waals surface area contributed by atoms with Crippen molar-refractivity contribution in [3.8, 4) is 0 Å². The fourth-order valence-electron chi connectivity index (χ4n) is 3.14. The van der Waals surface area contributed by atoms with Crippen molar-refractivity contribution in [3.63, 3.8) is 0 Å². The van der Waals surface area contributed by atoms with Gasteiger partial charge < -0.3 is 10.2 Å². The standard InChI is InChI=1S/C17H29N3/c1-4-20(13-7-12-19(2)3)17-10-11-18-14-15-8-5-6-9-16(15)17/h5-6,8-9,17-18H,4,7,10-14H2,1-3H3. The van der Waals surface area contributed by atoms with Crippen LogP contribution in [0.15, 0.2) is 24.3 Å². The Morgan fingerprint density at radius 3 is 2.75 bits per heavy atom. The number of rotatable bonds is 6. The van der Waals surface area contributed by atoms with E-state index in [-0.39, 0.29) is 0 Å². The summed E-state index contributed by atoms with van der Waals surface area (Å²) in [6.45, 7) is 7.91. The fraction of sp³-hybridized carbons (Fsp3) is 0.647. The minimum absolute atomic E-state index is 0.577. The van der Waals surface area contributed by atoms with E-state index < -0.39 is 0 Å². The predicted octanol–water partition coefficient (Wildman–Crippen LogP) is 2.49. The lowest BCUT2D eigenvalue weighted by molar-refractivity contribution is 0.189. The Balaban J connectivity index is 2.08. The first-order valence-electron chi connectivity index (χ1n) is 7.89. The molecule has 2 rings (SSSR count). The van der Waals surface area contributed by atoms with Gasteiger partial charge in [-0.15, -0.1) is 0 Å². The van der Waals surface area contributed by atoms with Gasteiger partial charge in [0, 0.05) is 12.6 Å². The molecule has 0 saturated carbocycles. The Labute approximate surface area is 124 Å². The summed E-state index contributed by atoms with van der Waals surface area (Å²) in [6.07, 6.45) is 2.46. The van der Waals surface area contributed by atoms with Crippen LogP contribution in [0.2, 0.25) is 0 Å². The molecule has 1 aromatic carbocycles. The Bertz CT molecular complexity index is 403. The van der Waals surface area contributed by atoms with Crippen molar-refractivity contribution >= 4 is 0 Å². The molecular weight excluding hydrogens is 246 g/mol. The van der Waals surface area contributed by atoms with Gasteiger partial charge in [0.2, 0.25) is 0 Å². The first-order valence-corrected chi connectivity index (χ1v) is 7.89. The van der Waals surface area contributed by atoms with Gasteiger partial charge in [-0.25, -0.2) is 0 Å². The van der Waals surface area contributed by atoms with Gasteiger partial charge in [0.05, 0.1) is 0 Å². The fourth-order valence-corrected chi connectivity index (χ4v) is 3.14. The summed E-state index contributed by atoms with van der Waals surface area (Å²) in [5.74, 6) is 0. The lowest BCUT2D eigenvalue weighted by Gasteiger charge is -2.31. The number of hydrogen-bond acceptors (Lipinski definition) is 3.